The van der Waals surface area contributed by atoms with Crippen LogP contribution >= 0.6 is 0 Å². The van der Waals surface area contributed by atoms with Crippen LogP contribution in [0.15, 0.2) is 24.5 Å². The predicted molar refractivity (Wildman–Crippen MR) is 97.2 cm³/mol. The van der Waals surface area contributed by atoms with Gasteiger partial charge in [0.2, 0.25) is 15.9 Å². The maximum Gasteiger partial charge on any atom is 0.414 e. The number of hydrogen-bond acceptors (Lipinski definition) is 6. The monoisotopic (exact) mass is 403 g/mol. The number of carboxylic acids is 2. The molecule has 27 heavy (non-hydrogen) atoms. The molecule has 0 saturated heterocycles. The van der Waals surface area contributed by atoms with Gasteiger partial charge in [-0.2, -0.15) is 0 Å². The third kappa shape index (κ3) is 10.3. The standard InChI is InChI=1S/C14H23N3O3S.C2H2O4/c1-14(2,3)13(18)17(8-9-21(19,20)15-4)11-12-6-5-7-16-10-12;3-1(4)2(5)6/h5-7,10,15H,8-9,11H2,1-4H3;(H,3,4)(H,5,6). The first kappa shape index (κ1) is 24.5. The van der Waals surface area contributed by atoms with Gasteiger partial charge in [-0.15, -0.1) is 0 Å². The number of carbonyl (C=O) groups is 3. The Morgan fingerprint density at radius 3 is 2.11 bits per heavy atom. The second kappa shape index (κ2) is 10.6. The van der Waals surface area contributed by atoms with E-state index in [9.17, 15) is 13.2 Å². The van der Waals surface area contributed by atoms with Gasteiger partial charge in [-0.1, -0.05) is 26.8 Å². The van der Waals surface area contributed by atoms with E-state index in [-0.39, 0.29) is 18.2 Å². The molecule has 1 rings (SSSR count). The zero-order valence-electron chi connectivity index (χ0n) is 15.7. The molecule has 1 amide bonds. The summed E-state index contributed by atoms with van der Waals surface area (Å²) in [7, 11) is -1.98. The molecular formula is C16H25N3O7S. The number of nitrogens with zero attached hydrogens (tertiary/aromatic N) is 2. The molecule has 0 saturated carbocycles. The first-order valence-corrected chi connectivity index (χ1v) is 9.51. The average Bonchev–Trinajstić information content (AvgIpc) is 2.58. The van der Waals surface area contributed by atoms with E-state index in [0.29, 0.717) is 6.54 Å². The van der Waals surface area contributed by atoms with E-state index in [1.807, 2.05) is 26.8 Å². The Morgan fingerprint density at radius 2 is 1.74 bits per heavy atom. The second-order valence-corrected chi connectivity index (χ2v) is 8.52. The van der Waals surface area contributed by atoms with Gasteiger partial charge in [0.15, 0.2) is 0 Å². The Labute approximate surface area is 158 Å². The number of hydrogen-bond donors (Lipinski definition) is 3. The molecule has 0 atom stereocenters. The first-order valence-electron chi connectivity index (χ1n) is 7.86. The molecule has 11 heteroatoms. The van der Waals surface area contributed by atoms with E-state index in [4.69, 9.17) is 19.8 Å². The zero-order chi connectivity index (χ0) is 21.3. The SMILES string of the molecule is CNS(=O)(=O)CCN(Cc1cccnc1)C(=O)C(C)(C)C.O=C(O)C(=O)O. The zero-order valence-corrected chi connectivity index (χ0v) is 16.5. The van der Waals surface area contributed by atoms with Crippen molar-refractivity contribution in [2.24, 2.45) is 5.41 Å². The highest BCUT2D eigenvalue weighted by Crippen LogP contribution is 2.19. The lowest BCUT2D eigenvalue weighted by Crippen LogP contribution is -2.42. The fourth-order valence-electron chi connectivity index (χ4n) is 1.77. The molecule has 1 aromatic rings. The number of sulfonamides is 1. The maximum atomic E-state index is 12.5. The molecule has 10 nitrogen and oxygen atoms in total. The van der Waals surface area contributed by atoms with Gasteiger partial charge in [-0.25, -0.2) is 22.7 Å². The fraction of sp³-hybridized carbons (Fsp3) is 0.500. The van der Waals surface area contributed by atoms with Crippen LogP contribution in [0.5, 0.6) is 0 Å². The molecule has 0 fully saturated rings. The normalized spacial score (nSPS) is 11.1. The van der Waals surface area contributed by atoms with E-state index in [2.05, 4.69) is 9.71 Å². The minimum absolute atomic E-state index is 0.0855. The van der Waals surface area contributed by atoms with Gasteiger partial charge >= 0.3 is 11.9 Å². The van der Waals surface area contributed by atoms with Gasteiger partial charge in [-0.05, 0) is 18.7 Å². The summed E-state index contributed by atoms with van der Waals surface area (Å²) in [6, 6.07) is 3.65. The van der Waals surface area contributed by atoms with Crippen molar-refractivity contribution < 1.29 is 33.0 Å². The summed E-state index contributed by atoms with van der Waals surface area (Å²) in [4.78, 5) is 36.2. The Hall–Kier alpha value is -2.53. The topological polar surface area (TPSA) is 154 Å². The Balaban J connectivity index is 0.000000972. The van der Waals surface area contributed by atoms with Gasteiger partial charge in [0.25, 0.3) is 0 Å². The highest BCUT2D eigenvalue weighted by Gasteiger charge is 2.28. The molecule has 152 valence electrons. The van der Waals surface area contributed by atoms with E-state index in [1.165, 1.54) is 7.05 Å². The predicted octanol–water partition coefficient (Wildman–Crippen LogP) is 0.161. The van der Waals surface area contributed by atoms with Crippen LogP contribution in [0.25, 0.3) is 0 Å². The lowest BCUT2D eigenvalue weighted by molar-refractivity contribution is -0.159. The van der Waals surface area contributed by atoms with Gasteiger partial charge in [0.05, 0.1) is 5.75 Å². The molecule has 1 aromatic heterocycles. The Morgan fingerprint density at radius 1 is 1.19 bits per heavy atom. The lowest BCUT2D eigenvalue weighted by Gasteiger charge is -2.29. The van der Waals surface area contributed by atoms with Crippen LogP contribution in [0.4, 0.5) is 0 Å². The largest absolute Gasteiger partial charge is 0.473 e. The molecular weight excluding hydrogens is 378 g/mol. The van der Waals surface area contributed by atoms with E-state index < -0.39 is 27.4 Å². The summed E-state index contributed by atoms with van der Waals surface area (Å²) in [6.07, 6.45) is 3.33. The maximum absolute atomic E-state index is 12.5. The molecule has 0 aliphatic rings. The van der Waals surface area contributed by atoms with Crippen LogP contribution in [-0.2, 0) is 31.0 Å². The fourth-order valence-corrected chi connectivity index (χ4v) is 2.44. The number of aliphatic carboxylic acids is 2. The van der Waals surface area contributed by atoms with Crippen LogP contribution in [0.1, 0.15) is 26.3 Å². The van der Waals surface area contributed by atoms with Crippen LogP contribution in [0, 0.1) is 5.41 Å². The summed E-state index contributed by atoms with van der Waals surface area (Å²) in [5.74, 6) is -3.85. The van der Waals surface area contributed by atoms with Crippen molar-refractivity contribution >= 4 is 27.9 Å². The van der Waals surface area contributed by atoms with Crippen molar-refractivity contribution in [1.29, 1.82) is 0 Å². The summed E-state index contributed by atoms with van der Waals surface area (Å²) in [5.41, 5.74) is 0.308. The number of nitrogens with one attached hydrogen (secondary N) is 1. The summed E-state index contributed by atoms with van der Waals surface area (Å²) < 4.78 is 25.4. The number of amides is 1. The minimum atomic E-state index is -3.35. The molecule has 0 spiro atoms. The van der Waals surface area contributed by atoms with E-state index >= 15 is 0 Å². The molecule has 3 N–H and O–H groups in total. The number of aromatic nitrogens is 1. The number of carboxylic acid groups (broad SMARTS) is 2. The molecule has 0 aromatic carbocycles. The van der Waals surface area contributed by atoms with Crippen LogP contribution < -0.4 is 4.72 Å². The van der Waals surface area contributed by atoms with E-state index in [1.54, 1.807) is 23.4 Å². The van der Waals surface area contributed by atoms with Gasteiger partial charge < -0.3 is 15.1 Å². The Kier molecular flexibility index (Phi) is 9.59. The third-order valence-corrected chi connectivity index (χ3v) is 4.49. The lowest BCUT2D eigenvalue weighted by atomic mass is 9.94. The minimum Gasteiger partial charge on any atom is -0.473 e. The number of rotatable bonds is 6. The second-order valence-electron chi connectivity index (χ2n) is 6.47. The van der Waals surface area contributed by atoms with Crippen molar-refractivity contribution in [1.82, 2.24) is 14.6 Å². The average molecular weight is 403 g/mol. The van der Waals surface area contributed by atoms with Gasteiger partial charge in [0.1, 0.15) is 0 Å². The van der Waals surface area contributed by atoms with Crippen LogP contribution in [0.3, 0.4) is 0 Å². The highest BCUT2D eigenvalue weighted by molar-refractivity contribution is 7.89. The molecule has 1 heterocycles. The van der Waals surface area contributed by atoms with Crippen LogP contribution in [0.2, 0.25) is 0 Å². The van der Waals surface area contributed by atoms with Crippen molar-refractivity contribution in [2.45, 2.75) is 27.3 Å². The smallest absolute Gasteiger partial charge is 0.414 e. The summed E-state index contributed by atoms with van der Waals surface area (Å²) >= 11 is 0. The number of carbonyl (C=O) groups excluding carboxylic acids is 1. The van der Waals surface area contributed by atoms with Crippen LogP contribution in [-0.4, -0.2) is 65.7 Å². The van der Waals surface area contributed by atoms with Gasteiger partial charge in [-0.3, -0.25) is 9.78 Å². The van der Waals surface area contributed by atoms with Crippen molar-refractivity contribution in [3.05, 3.63) is 30.1 Å². The quantitative estimate of drug-likeness (QED) is 0.568. The molecule has 0 bridgehead atoms. The molecule has 0 unspecified atom stereocenters. The molecule has 0 radical (unpaired) electrons. The summed E-state index contributed by atoms with van der Waals surface area (Å²) in [5, 5.41) is 14.8. The highest BCUT2D eigenvalue weighted by atomic mass is 32.2. The van der Waals surface area contributed by atoms with Crippen molar-refractivity contribution in [2.75, 3.05) is 19.3 Å². The summed E-state index contributed by atoms with van der Waals surface area (Å²) in [6.45, 7) is 5.95. The molecule has 0 aliphatic carbocycles. The van der Waals surface area contributed by atoms with Crippen molar-refractivity contribution in [3.63, 3.8) is 0 Å². The third-order valence-electron chi connectivity index (χ3n) is 3.15. The first-order chi connectivity index (χ1) is 12.3. The number of pyridine rings is 1. The Bertz CT molecular complexity index is 731. The van der Waals surface area contributed by atoms with Gasteiger partial charge in [0, 0.05) is 30.9 Å². The van der Waals surface area contributed by atoms with E-state index in [0.717, 1.165) is 5.56 Å². The molecule has 0 aliphatic heterocycles. The van der Waals surface area contributed by atoms with Crippen molar-refractivity contribution in [3.8, 4) is 0 Å².